The molecule has 5 nitrogen and oxygen atoms in total. The van der Waals surface area contributed by atoms with Gasteiger partial charge in [-0.1, -0.05) is 23.7 Å². The van der Waals surface area contributed by atoms with Gasteiger partial charge in [-0.25, -0.2) is 4.79 Å². The number of anilines is 1. The number of urea groups is 1. The van der Waals surface area contributed by atoms with Crippen LogP contribution in [-0.2, 0) is 0 Å². The molecule has 0 fully saturated rings. The Morgan fingerprint density at radius 2 is 2.22 bits per heavy atom. The lowest BCUT2D eigenvalue weighted by Gasteiger charge is -2.24. The van der Waals surface area contributed by atoms with Crippen LogP contribution in [0.25, 0.3) is 0 Å². The third kappa shape index (κ3) is 3.13. The van der Waals surface area contributed by atoms with Crippen LogP contribution in [0.5, 0.6) is 0 Å². The van der Waals surface area contributed by atoms with Gasteiger partial charge in [0.25, 0.3) is 0 Å². The van der Waals surface area contributed by atoms with Gasteiger partial charge < -0.3 is 5.73 Å². The Balaban J connectivity index is 3.07. The Hall–Kier alpha value is -1.75. The highest BCUT2D eigenvalue weighted by Gasteiger charge is 2.18. The van der Waals surface area contributed by atoms with E-state index in [1.165, 1.54) is 11.9 Å². The maximum Gasteiger partial charge on any atom is 0.328 e. The zero-order valence-corrected chi connectivity index (χ0v) is 11.5. The van der Waals surface area contributed by atoms with Crippen molar-refractivity contribution in [3.8, 4) is 0 Å². The number of guanidine groups is 1. The Labute approximate surface area is 112 Å². The van der Waals surface area contributed by atoms with E-state index in [0.717, 1.165) is 5.56 Å². The second-order valence-corrected chi connectivity index (χ2v) is 4.10. The Morgan fingerprint density at radius 3 is 2.72 bits per heavy atom. The van der Waals surface area contributed by atoms with Gasteiger partial charge in [0.05, 0.1) is 10.7 Å². The van der Waals surface area contributed by atoms with Gasteiger partial charge in [-0.3, -0.25) is 15.2 Å². The summed E-state index contributed by atoms with van der Waals surface area (Å²) in [5, 5.41) is 3.02. The minimum Gasteiger partial charge on any atom is -0.370 e. The molecule has 0 saturated heterocycles. The standard InChI is InChI=1S/C12H17ClN4O/c1-4-17(12(18)16-11(14)15-3)10-8(2)6-5-7-9(10)13/h5-7H,4H2,1-3H3,(H3,14,15,16,18). The minimum atomic E-state index is -0.350. The van der Waals surface area contributed by atoms with Crippen molar-refractivity contribution in [1.82, 2.24) is 5.32 Å². The number of carbonyl (C=O) groups is 1. The van der Waals surface area contributed by atoms with Crippen molar-refractivity contribution < 1.29 is 4.79 Å². The van der Waals surface area contributed by atoms with Crippen LogP contribution < -0.4 is 16.0 Å². The summed E-state index contributed by atoms with van der Waals surface area (Å²) in [5.41, 5.74) is 7.09. The molecule has 1 rings (SSSR count). The van der Waals surface area contributed by atoms with Crippen molar-refractivity contribution in [2.75, 3.05) is 18.5 Å². The average molecular weight is 269 g/mol. The SMILES string of the molecule is CCN(C(=O)NC(N)=NC)c1c(C)cccc1Cl. The highest BCUT2D eigenvalue weighted by molar-refractivity contribution is 6.34. The number of nitrogens with two attached hydrogens (primary N) is 1. The average Bonchev–Trinajstić information content (AvgIpc) is 2.33. The van der Waals surface area contributed by atoms with Crippen molar-refractivity contribution in [2.45, 2.75) is 13.8 Å². The number of nitrogens with one attached hydrogen (secondary N) is 1. The summed E-state index contributed by atoms with van der Waals surface area (Å²) < 4.78 is 0. The van der Waals surface area contributed by atoms with Crippen molar-refractivity contribution in [1.29, 1.82) is 0 Å². The van der Waals surface area contributed by atoms with Gasteiger partial charge in [-0.2, -0.15) is 0 Å². The lowest BCUT2D eigenvalue weighted by atomic mass is 10.2. The van der Waals surface area contributed by atoms with Crippen LogP contribution >= 0.6 is 11.6 Å². The number of hydrogen-bond donors (Lipinski definition) is 2. The van der Waals surface area contributed by atoms with Crippen LogP contribution in [0, 0.1) is 6.92 Å². The molecule has 1 aromatic carbocycles. The van der Waals surface area contributed by atoms with Gasteiger partial charge >= 0.3 is 6.03 Å². The molecule has 0 unspecified atom stereocenters. The summed E-state index contributed by atoms with van der Waals surface area (Å²) in [4.78, 5) is 17.3. The number of benzene rings is 1. The molecule has 98 valence electrons. The van der Waals surface area contributed by atoms with Gasteiger partial charge in [-0.05, 0) is 25.5 Å². The molecule has 1 aromatic rings. The number of aliphatic imine (C=N–C) groups is 1. The number of nitrogens with zero attached hydrogens (tertiary/aromatic N) is 2. The number of amides is 2. The molecular weight excluding hydrogens is 252 g/mol. The van der Waals surface area contributed by atoms with E-state index in [1.54, 1.807) is 6.07 Å². The molecule has 0 aromatic heterocycles. The molecule has 0 saturated carbocycles. The van der Waals surface area contributed by atoms with E-state index in [-0.39, 0.29) is 12.0 Å². The predicted octanol–water partition coefficient (Wildman–Crippen LogP) is 2.13. The molecular formula is C12H17ClN4O. The van der Waals surface area contributed by atoms with Crippen LogP contribution in [0.1, 0.15) is 12.5 Å². The predicted molar refractivity (Wildman–Crippen MR) is 75.3 cm³/mol. The monoisotopic (exact) mass is 268 g/mol. The highest BCUT2D eigenvalue weighted by atomic mass is 35.5. The molecule has 0 spiro atoms. The highest BCUT2D eigenvalue weighted by Crippen LogP contribution is 2.29. The summed E-state index contributed by atoms with van der Waals surface area (Å²) in [5.74, 6) is 0.0724. The molecule has 0 aliphatic carbocycles. The lowest BCUT2D eigenvalue weighted by molar-refractivity contribution is 0.250. The Kier molecular flexibility index (Phi) is 4.97. The topological polar surface area (TPSA) is 70.7 Å². The summed E-state index contributed by atoms with van der Waals surface area (Å²) in [7, 11) is 1.51. The minimum absolute atomic E-state index is 0.0724. The number of halogens is 1. The maximum atomic E-state index is 12.0. The molecule has 0 heterocycles. The van der Waals surface area contributed by atoms with Gasteiger partial charge in [-0.15, -0.1) is 0 Å². The van der Waals surface area contributed by atoms with Gasteiger partial charge in [0, 0.05) is 13.6 Å². The van der Waals surface area contributed by atoms with Crippen LogP contribution in [0.15, 0.2) is 23.2 Å². The van der Waals surface area contributed by atoms with E-state index < -0.39 is 0 Å². The van der Waals surface area contributed by atoms with E-state index in [2.05, 4.69) is 10.3 Å². The zero-order valence-electron chi connectivity index (χ0n) is 10.7. The number of carbonyl (C=O) groups excluding carboxylic acids is 1. The Bertz CT molecular complexity index is 453. The van der Waals surface area contributed by atoms with Gasteiger partial charge in [0.1, 0.15) is 0 Å². The van der Waals surface area contributed by atoms with Crippen LogP contribution in [0.3, 0.4) is 0 Å². The molecule has 6 heteroatoms. The lowest BCUT2D eigenvalue weighted by Crippen LogP contribution is -2.46. The fourth-order valence-electron chi connectivity index (χ4n) is 1.60. The third-order valence-electron chi connectivity index (χ3n) is 2.50. The smallest absolute Gasteiger partial charge is 0.328 e. The normalized spacial score (nSPS) is 11.2. The molecule has 0 radical (unpaired) electrons. The fourth-order valence-corrected chi connectivity index (χ4v) is 1.92. The van der Waals surface area contributed by atoms with Gasteiger partial charge in [0.2, 0.25) is 0 Å². The molecule has 18 heavy (non-hydrogen) atoms. The van der Waals surface area contributed by atoms with E-state index in [9.17, 15) is 4.79 Å². The molecule has 0 atom stereocenters. The maximum absolute atomic E-state index is 12.0. The number of aryl methyl sites for hydroxylation is 1. The molecule has 0 aliphatic heterocycles. The zero-order chi connectivity index (χ0) is 13.7. The van der Waals surface area contributed by atoms with Crippen molar-refractivity contribution in [2.24, 2.45) is 10.7 Å². The van der Waals surface area contributed by atoms with Crippen LogP contribution in [0.4, 0.5) is 10.5 Å². The van der Waals surface area contributed by atoms with E-state index in [1.807, 2.05) is 26.0 Å². The van der Waals surface area contributed by atoms with Crippen molar-refractivity contribution in [3.05, 3.63) is 28.8 Å². The largest absolute Gasteiger partial charge is 0.370 e. The van der Waals surface area contributed by atoms with E-state index in [0.29, 0.717) is 17.3 Å². The van der Waals surface area contributed by atoms with E-state index in [4.69, 9.17) is 17.3 Å². The number of rotatable bonds is 2. The van der Waals surface area contributed by atoms with Gasteiger partial charge in [0.15, 0.2) is 5.96 Å². The summed E-state index contributed by atoms with van der Waals surface area (Å²) in [6, 6.07) is 5.14. The molecule has 0 aliphatic rings. The number of para-hydroxylation sites is 1. The van der Waals surface area contributed by atoms with Crippen LogP contribution in [0.2, 0.25) is 5.02 Å². The summed E-state index contributed by atoms with van der Waals surface area (Å²) in [6.45, 7) is 4.24. The van der Waals surface area contributed by atoms with Crippen LogP contribution in [-0.4, -0.2) is 25.6 Å². The summed E-state index contributed by atoms with van der Waals surface area (Å²) in [6.07, 6.45) is 0. The van der Waals surface area contributed by atoms with Crippen molar-refractivity contribution >= 4 is 29.3 Å². The number of hydrogen-bond acceptors (Lipinski definition) is 2. The second-order valence-electron chi connectivity index (χ2n) is 3.69. The fraction of sp³-hybridized carbons (Fsp3) is 0.333. The molecule has 3 N–H and O–H groups in total. The molecule has 2 amide bonds. The molecule has 0 bridgehead atoms. The van der Waals surface area contributed by atoms with Crippen molar-refractivity contribution in [3.63, 3.8) is 0 Å². The first kappa shape index (κ1) is 14.3. The van der Waals surface area contributed by atoms with E-state index >= 15 is 0 Å². The first-order valence-electron chi connectivity index (χ1n) is 5.57. The Morgan fingerprint density at radius 1 is 1.56 bits per heavy atom. The quantitative estimate of drug-likeness (QED) is 0.637. The summed E-state index contributed by atoms with van der Waals surface area (Å²) >= 11 is 6.13. The first-order valence-corrected chi connectivity index (χ1v) is 5.95. The third-order valence-corrected chi connectivity index (χ3v) is 2.80. The first-order chi connectivity index (χ1) is 8.51. The second kappa shape index (κ2) is 6.26.